The van der Waals surface area contributed by atoms with Crippen LogP contribution in [0.2, 0.25) is 0 Å². The highest BCUT2D eigenvalue weighted by molar-refractivity contribution is 6.30. The van der Waals surface area contributed by atoms with Gasteiger partial charge in [0.15, 0.2) is 0 Å². The molecule has 0 spiro atoms. The second-order valence-corrected chi connectivity index (χ2v) is 6.21. The maximum Gasteiger partial charge on any atom is 0.426 e. The summed E-state index contributed by atoms with van der Waals surface area (Å²) in [5.41, 5.74) is -0.666. The average Bonchev–Trinajstić information content (AvgIpc) is 2.92. The van der Waals surface area contributed by atoms with Crippen LogP contribution in [0.25, 0.3) is 0 Å². The first-order valence-corrected chi connectivity index (χ1v) is 6.93. The Kier molecular flexibility index (Phi) is 4.26. The fraction of sp³-hybridized carbons (Fsp3) is 0.400. The molecule has 0 aromatic heterocycles. The Morgan fingerprint density at radius 1 is 1.32 bits per heavy atom. The molecule has 120 valence electrons. The lowest BCUT2D eigenvalue weighted by Gasteiger charge is -2.06. The van der Waals surface area contributed by atoms with Crippen molar-refractivity contribution in [2.45, 2.75) is 20.0 Å². The molecule has 2 nitrogen and oxygen atoms in total. The molecule has 0 heterocycles. The summed E-state index contributed by atoms with van der Waals surface area (Å²) in [4.78, 5) is 12.2. The molecule has 2 rings (SSSR count). The monoisotopic (exact) mass is 335 g/mol. The Bertz CT molecular complexity index is 624. The lowest BCUT2D eigenvalue weighted by Crippen LogP contribution is -2.17. The van der Waals surface area contributed by atoms with Crippen molar-refractivity contribution in [2.24, 2.45) is 17.3 Å². The van der Waals surface area contributed by atoms with Crippen molar-refractivity contribution >= 4 is 23.2 Å². The number of carbonyl (C=O) groups excluding carboxylic acids is 1. The summed E-state index contributed by atoms with van der Waals surface area (Å²) < 4.78 is 50.9. The molecule has 0 aliphatic heterocycles. The van der Waals surface area contributed by atoms with Gasteiger partial charge in [0.1, 0.15) is 10.8 Å². The Balaban J connectivity index is 2.13. The third-order valence-electron chi connectivity index (χ3n) is 3.92. The van der Waals surface area contributed by atoms with Crippen LogP contribution in [0.4, 0.5) is 23.2 Å². The van der Waals surface area contributed by atoms with E-state index in [2.05, 4.69) is 5.32 Å². The van der Waals surface area contributed by atoms with Crippen LogP contribution in [0.1, 0.15) is 13.8 Å². The number of nitrogens with one attached hydrogen (secondary N) is 1. The normalized spacial score (nSPS) is 24.0. The third-order valence-corrected chi connectivity index (χ3v) is 4.26. The molecule has 0 radical (unpaired) electrons. The molecule has 1 fully saturated rings. The zero-order valence-electron chi connectivity index (χ0n) is 11.8. The summed E-state index contributed by atoms with van der Waals surface area (Å²) in [5, 5.41) is 1.16. The number of benzene rings is 1. The molecule has 7 heteroatoms. The highest BCUT2D eigenvalue weighted by atomic mass is 35.5. The van der Waals surface area contributed by atoms with Crippen molar-refractivity contribution < 1.29 is 22.4 Å². The molecule has 1 saturated carbocycles. The predicted molar refractivity (Wildman–Crippen MR) is 75.8 cm³/mol. The number of anilines is 1. The standard InChI is InChI=1S/C15H14ClF4NO/c1-14(2)8(7-11(16)15(18,19)20)12(14)13(22)21-10-6-4-3-5-9(10)17/h3-8,12H,1-2H3,(H,21,22). The van der Waals surface area contributed by atoms with Crippen LogP contribution in [-0.4, -0.2) is 12.1 Å². The van der Waals surface area contributed by atoms with Gasteiger partial charge in [0.2, 0.25) is 5.91 Å². The van der Waals surface area contributed by atoms with Crippen LogP contribution >= 0.6 is 11.6 Å². The van der Waals surface area contributed by atoms with Gasteiger partial charge in [-0.1, -0.05) is 43.7 Å². The summed E-state index contributed by atoms with van der Waals surface area (Å²) in [6, 6.07) is 5.59. The smallest absolute Gasteiger partial charge is 0.323 e. The molecule has 1 aromatic rings. The van der Waals surface area contributed by atoms with E-state index in [9.17, 15) is 22.4 Å². The molecule has 22 heavy (non-hydrogen) atoms. The number of rotatable bonds is 3. The molecule has 1 amide bonds. The van der Waals surface area contributed by atoms with Crippen molar-refractivity contribution in [1.82, 2.24) is 0 Å². The second kappa shape index (κ2) is 5.57. The van der Waals surface area contributed by atoms with Gasteiger partial charge in [-0.2, -0.15) is 13.2 Å². The van der Waals surface area contributed by atoms with Gasteiger partial charge in [0.25, 0.3) is 0 Å². The molecule has 1 aliphatic carbocycles. The van der Waals surface area contributed by atoms with E-state index in [1.807, 2.05) is 0 Å². The van der Waals surface area contributed by atoms with E-state index in [1.165, 1.54) is 18.2 Å². The lowest BCUT2D eigenvalue weighted by atomic mass is 10.1. The molecule has 2 unspecified atom stereocenters. The minimum Gasteiger partial charge on any atom is -0.323 e. The van der Waals surface area contributed by atoms with E-state index < -0.39 is 40.2 Å². The summed E-state index contributed by atoms with van der Waals surface area (Å²) in [6.07, 6.45) is -3.78. The Morgan fingerprint density at radius 2 is 1.91 bits per heavy atom. The topological polar surface area (TPSA) is 29.1 Å². The first-order chi connectivity index (χ1) is 10.0. The zero-order valence-corrected chi connectivity index (χ0v) is 12.6. The Hall–Kier alpha value is -1.56. The lowest BCUT2D eigenvalue weighted by molar-refractivity contribution is -0.118. The van der Waals surface area contributed by atoms with Crippen LogP contribution in [0, 0.1) is 23.1 Å². The summed E-state index contributed by atoms with van der Waals surface area (Å²) in [6.45, 7) is 3.33. The number of amides is 1. The van der Waals surface area contributed by atoms with Gasteiger partial charge in [0.05, 0.1) is 11.6 Å². The highest BCUT2D eigenvalue weighted by Gasteiger charge is 2.61. The number of para-hydroxylation sites is 1. The molecule has 1 N–H and O–H groups in total. The first-order valence-electron chi connectivity index (χ1n) is 6.55. The fourth-order valence-electron chi connectivity index (χ4n) is 2.51. The van der Waals surface area contributed by atoms with Crippen LogP contribution < -0.4 is 5.32 Å². The first kappa shape index (κ1) is 16.8. The minimum absolute atomic E-state index is 0.000141. The largest absolute Gasteiger partial charge is 0.426 e. The predicted octanol–water partition coefficient (Wildman–Crippen LogP) is 4.72. The molecule has 1 aliphatic rings. The maximum atomic E-state index is 13.5. The zero-order chi connectivity index (χ0) is 16.7. The maximum absolute atomic E-state index is 13.5. The van der Waals surface area contributed by atoms with Crippen LogP contribution in [0.5, 0.6) is 0 Å². The molecular weight excluding hydrogens is 322 g/mol. The minimum atomic E-state index is -4.63. The van der Waals surface area contributed by atoms with Gasteiger partial charge >= 0.3 is 6.18 Å². The number of allylic oxidation sites excluding steroid dienone is 2. The Morgan fingerprint density at radius 3 is 2.45 bits per heavy atom. The number of alkyl halides is 3. The molecule has 0 bridgehead atoms. The van der Waals surface area contributed by atoms with Gasteiger partial charge in [-0.25, -0.2) is 4.39 Å². The van der Waals surface area contributed by atoms with Crippen molar-refractivity contribution in [2.75, 3.05) is 5.32 Å². The van der Waals surface area contributed by atoms with Crippen LogP contribution in [0.3, 0.4) is 0 Å². The van der Waals surface area contributed by atoms with E-state index in [0.717, 1.165) is 6.08 Å². The number of hydrogen-bond donors (Lipinski definition) is 1. The van der Waals surface area contributed by atoms with E-state index in [-0.39, 0.29) is 5.69 Å². The van der Waals surface area contributed by atoms with Gasteiger partial charge in [-0.15, -0.1) is 0 Å². The van der Waals surface area contributed by atoms with E-state index >= 15 is 0 Å². The average molecular weight is 336 g/mol. The van der Waals surface area contributed by atoms with Crippen LogP contribution in [0.15, 0.2) is 35.4 Å². The summed E-state index contributed by atoms with van der Waals surface area (Å²) >= 11 is 5.22. The summed E-state index contributed by atoms with van der Waals surface area (Å²) in [7, 11) is 0. The van der Waals surface area contributed by atoms with Gasteiger partial charge in [-0.3, -0.25) is 4.79 Å². The second-order valence-electron chi connectivity index (χ2n) is 5.81. The third kappa shape index (κ3) is 3.27. The number of halogens is 5. The molecular formula is C15H14ClF4NO. The van der Waals surface area contributed by atoms with E-state index in [1.54, 1.807) is 19.9 Å². The van der Waals surface area contributed by atoms with E-state index in [0.29, 0.717) is 0 Å². The van der Waals surface area contributed by atoms with E-state index in [4.69, 9.17) is 11.6 Å². The number of hydrogen-bond acceptors (Lipinski definition) is 1. The molecule has 2 atom stereocenters. The number of carbonyl (C=O) groups is 1. The molecule has 1 aromatic carbocycles. The van der Waals surface area contributed by atoms with Crippen molar-refractivity contribution in [1.29, 1.82) is 0 Å². The quantitative estimate of drug-likeness (QED) is 0.795. The fourth-order valence-corrected chi connectivity index (χ4v) is 2.65. The van der Waals surface area contributed by atoms with Crippen LogP contribution in [-0.2, 0) is 4.79 Å². The highest BCUT2D eigenvalue weighted by Crippen LogP contribution is 2.60. The van der Waals surface area contributed by atoms with Gasteiger partial charge < -0.3 is 5.32 Å². The summed E-state index contributed by atoms with van der Waals surface area (Å²) in [5.74, 6) is -2.46. The van der Waals surface area contributed by atoms with Gasteiger partial charge in [0, 0.05) is 0 Å². The SMILES string of the molecule is CC1(C)C(C=C(Cl)C(F)(F)F)C1C(=O)Nc1ccccc1F. The van der Waals surface area contributed by atoms with Crippen molar-refractivity contribution in [3.8, 4) is 0 Å². The van der Waals surface area contributed by atoms with Crippen molar-refractivity contribution in [3.63, 3.8) is 0 Å². The Labute approximate surface area is 130 Å². The van der Waals surface area contributed by atoms with Crippen molar-refractivity contribution in [3.05, 3.63) is 41.2 Å². The van der Waals surface area contributed by atoms with Gasteiger partial charge in [-0.05, 0) is 23.5 Å². The molecule has 0 saturated heterocycles.